The van der Waals surface area contributed by atoms with E-state index in [2.05, 4.69) is 10.2 Å². The van der Waals surface area contributed by atoms with Crippen LogP contribution in [0.2, 0.25) is 0 Å². The topological polar surface area (TPSA) is 120 Å². The molecule has 11 heteroatoms. The standard InChI is InChI=1S/C22H22N4O7/c1-25-14-7-5-6-8-15(14)26(22(25)28)11-19(27)32-12-18-23-24-21(33-18)13-9-16(29-2)20(31-4)17(10-13)30-3/h5-10H,11-12H2,1-4H3. The smallest absolute Gasteiger partial charge is 0.329 e. The van der Waals surface area contributed by atoms with Crippen molar-refractivity contribution in [3.05, 3.63) is 52.8 Å². The highest BCUT2D eigenvalue weighted by Gasteiger charge is 2.19. The highest BCUT2D eigenvalue weighted by Crippen LogP contribution is 2.40. The number of rotatable bonds is 8. The Morgan fingerprint density at radius 1 is 1.00 bits per heavy atom. The van der Waals surface area contributed by atoms with Crippen LogP contribution in [-0.2, 0) is 29.7 Å². The average molecular weight is 454 g/mol. The van der Waals surface area contributed by atoms with Gasteiger partial charge in [-0.05, 0) is 24.3 Å². The lowest BCUT2D eigenvalue weighted by atomic mass is 10.2. The number of fused-ring (bicyclic) bond motifs is 1. The molecule has 0 bridgehead atoms. The molecule has 11 nitrogen and oxygen atoms in total. The Hall–Kier alpha value is -4.28. The van der Waals surface area contributed by atoms with Crippen LogP contribution in [0.1, 0.15) is 5.89 Å². The summed E-state index contributed by atoms with van der Waals surface area (Å²) in [5.41, 5.74) is 1.60. The first-order valence-electron chi connectivity index (χ1n) is 9.89. The minimum atomic E-state index is -0.610. The Bertz CT molecular complexity index is 1340. The molecule has 0 aliphatic rings. The first-order chi connectivity index (χ1) is 16.0. The number of carbonyl (C=O) groups is 1. The number of aromatic nitrogens is 4. The van der Waals surface area contributed by atoms with Crippen molar-refractivity contribution in [3.63, 3.8) is 0 Å². The first kappa shape index (κ1) is 21.9. The van der Waals surface area contributed by atoms with E-state index in [4.69, 9.17) is 23.4 Å². The van der Waals surface area contributed by atoms with Crippen molar-refractivity contribution < 1.29 is 28.2 Å². The first-order valence-corrected chi connectivity index (χ1v) is 9.89. The molecule has 4 rings (SSSR count). The molecule has 0 atom stereocenters. The second kappa shape index (κ2) is 9.07. The molecule has 0 amide bonds. The Balaban J connectivity index is 1.48. The molecule has 0 fully saturated rings. The maximum atomic E-state index is 12.5. The predicted octanol–water partition coefficient (Wildman–Crippen LogP) is 2.16. The molecule has 2 aromatic carbocycles. The number of nitrogens with zero attached hydrogens (tertiary/aromatic N) is 4. The van der Waals surface area contributed by atoms with Gasteiger partial charge in [0.1, 0.15) is 6.54 Å². The fourth-order valence-corrected chi connectivity index (χ4v) is 3.47. The SMILES string of the molecule is COc1cc(-c2nnc(COC(=O)Cn3c(=O)n(C)c4ccccc43)o2)cc(OC)c1OC. The molecule has 0 spiro atoms. The minimum absolute atomic E-state index is 0.0948. The van der Waals surface area contributed by atoms with Crippen LogP contribution in [0.4, 0.5) is 0 Å². The number of para-hydroxylation sites is 2. The third kappa shape index (κ3) is 4.12. The van der Waals surface area contributed by atoms with Gasteiger partial charge in [0.2, 0.25) is 11.6 Å². The van der Waals surface area contributed by atoms with Gasteiger partial charge >= 0.3 is 11.7 Å². The van der Waals surface area contributed by atoms with Gasteiger partial charge in [-0.1, -0.05) is 12.1 Å². The molecule has 33 heavy (non-hydrogen) atoms. The van der Waals surface area contributed by atoms with Crippen LogP contribution >= 0.6 is 0 Å². The Labute approximate surface area is 188 Å². The molecule has 0 unspecified atom stereocenters. The minimum Gasteiger partial charge on any atom is -0.493 e. The lowest BCUT2D eigenvalue weighted by Gasteiger charge is -2.12. The second-order valence-corrected chi connectivity index (χ2v) is 6.99. The zero-order valence-electron chi connectivity index (χ0n) is 18.5. The lowest BCUT2D eigenvalue weighted by molar-refractivity contribution is -0.146. The molecule has 172 valence electrons. The normalized spacial score (nSPS) is 10.9. The Morgan fingerprint density at radius 3 is 2.30 bits per heavy atom. The monoisotopic (exact) mass is 454 g/mol. The van der Waals surface area contributed by atoms with E-state index in [1.54, 1.807) is 31.3 Å². The third-order valence-corrected chi connectivity index (χ3v) is 5.07. The van der Waals surface area contributed by atoms with E-state index < -0.39 is 5.97 Å². The van der Waals surface area contributed by atoms with Crippen LogP contribution in [-0.4, -0.2) is 46.6 Å². The van der Waals surface area contributed by atoms with Crippen LogP contribution in [0.25, 0.3) is 22.5 Å². The van der Waals surface area contributed by atoms with Crippen LogP contribution < -0.4 is 19.9 Å². The number of aryl methyl sites for hydroxylation is 1. The van der Waals surface area contributed by atoms with Crippen molar-refractivity contribution >= 4 is 17.0 Å². The van der Waals surface area contributed by atoms with Crippen molar-refractivity contribution in [2.75, 3.05) is 21.3 Å². The molecule has 2 aromatic heterocycles. The van der Waals surface area contributed by atoms with Crippen LogP contribution in [0.15, 0.2) is 45.6 Å². The van der Waals surface area contributed by atoms with Gasteiger partial charge in [-0.2, -0.15) is 0 Å². The molecule has 0 radical (unpaired) electrons. The molecular formula is C22H22N4O7. The average Bonchev–Trinajstić information content (AvgIpc) is 3.41. The summed E-state index contributed by atoms with van der Waals surface area (Å²) in [6.07, 6.45) is 0. The maximum absolute atomic E-state index is 12.5. The van der Waals surface area contributed by atoms with Crippen molar-refractivity contribution in [1.29, 1.82) is 0 Å². The summed E-state index contributed by atoms with van der Waals surface area (Å²) in [6, 6.07) is 10.5. The van der Waals surface area contributed by atoms with Crippen molar-refractivity contribution in [2.24, 2.45) is 7.05 Å². The predicted molar refractivity (Wildman–Crippen MR) is 116 cm³/mol. The highest BCUT2D eigenvalue weighted by atomic mass is 16.5. The zero-order chi connectivity index (χ0) is 23.5. The Morgan fingerprint density at radius 2 is 1.67 bits per heavy atom. The van der Waals surface area contributed by atoms with Gasteiger partial charge in [-0.15, -0.1) is 10.2 Å². The zero-order valence-corrected chi connectivity index (χ0v) is 18.5. The molecule has 0 aliphatic heterocycles. The maximum Gasteiger partial charge on any atom is 0.329 e. The number of ether oxygens (including phenoxy) is 4. The van der Waals surface area contributed by atoms with Gasteiger partial charge in [0, 0.05) is 12.6 Å². The summed E-state index contributed by atoms with van der Waals surface area (Å²) in [7, 11) is 6.16. The summed E-state index contributed by atoms with van der Waals surface area (Å²) in [6.45, 7) is -0.482. The number of hydrogen-bond donors (Lipinski definition) is 0. The largest absolute Gasteiger partial charge is 0.493 e. The van der Waals surface area contributed by atoms with E-state index >= 15 is 0 Å². The summed E-state index contributed by atoms with van der Waals surface area (Å²) in [4.78, 5) is 24.8. The molecule has 2 heterocycles. The van der Waals surface area contributed by atoms with Gasteiger partial charge < -0.3 is 23.4 Å². The number of methoxy groups -OCH3 is 3. The summed E-state index contributed by atoms with van der Waals surface area (Å²) >= 11 is 0. The highest BCUT2D eigenvalue weighted by molar-refractivity contribution is 5.78. The number of hydrogen-bond acceptors (Lipinski definition) is 9. The van der Waals surface area contributed by atoms with Crippen molar-refractivity contribution in [1.82, 2.24) is 19.3 Å². The summed E-state index contributed by atoms with van der Waals surface area (Å²) in [5.74, 6) is 0.960. The number of carbonyl (C=O) groups excluding carboxylic acids is 1. The fraction of sp³-hybridized carbons (Fsp3) is 0.273. The molecule has 0 aliphatic carbocycles. The van der Waals surface area contributed by atoms with Gasteiger partial charge in [0.25, 0.3) is 5.89 Å². The fourth-order valence-electron chi connectivity index (χ4n) is 3.47. The van der Waals surface area contributed by atoms with E-state index in [0.29, 0.717) is 28.3 Å². The summed E-state index contributed by atoms with van der Waals surface area (Å²) in [5, 5.41) is 7.91. The second-order valence-electron chi connectivity index (χ2n) is 6.99. The number of esters is 1. The molecule has 4 aromatic rings. The molecular weight excluding hydrogens is 432 g/mol. The van der Waals surface area contributed by atoms with Gasteiger partial charge in [-0.3, -0.25) is 13.9 Å². The van der Waals surface area contributed by atoms with E-state index in [0.717, 1.165) is 5.52 Å². The summed E-state index contributed by atoms with van der Waals surface area (Å²) < 4.78 is 29.7. The third-order valence-electron chi connectivity index (χ3n) is 5.07. The van der Waals surface area contributed by atoms with Crippen LogP contribution in [0.5, 0.6) is 17.2 Å². The van der Waals surface area contributed by atoms with E-state index in [9.17, 15) is 9.59 Å². The van der Waals surface area contributed by atoms with Gasteiger partial charge in [-0.25, -0.2) is 4.79 Å². The van der Waals surface area contributed by atoms with E-state index in [1.165, 1.54) is 30.5 Å². The number of benzene rings is 2. The van der Waals surface area contributed by atoms with Crippen molar-refractivity contribution in [2.45, 2.75) is 13.2 Å². The lowest BCUT2D eigenvalue weighted by Crippen LogP contribution is -2.26. The molecule has 0 saturated heterocycles. The number of imidazole rings is 1. The van der Waals surface area contributed by atoms with Crippen LogP contribution in [0, 0.1) is 0 Å². The molecule has 0 N–H and O–H groups in total. The van der Waals surface area contributed by atoms with Crippen LogP contribution in [0.3, 0.4) is 0 Å². The van der Waals surface area contributed by atoms with Gasteiger partial charge in [0.15, 0.2) is 18.1 Å². The van der Waals surface area contributed by atoms with E-state index in [1.807, 2.05) is 12.1 Å². The molecule has 0 saturated carbocycles. The quantitative estimate of drug-likeness (QED) is 0.369. The Kier molecular flexibility index (Phi) is 6.03. The van der Waals surface area contributed by atoms with Gasteiger partial charge in [0.05, 0.1) is 32.4 Å². The van der Waals surface area contributed by atoms with E-state index in [-0.39, 0.29) is 30.6 Å². The van der Waals surface area contributed by atoms with Crippen molar-refractivity contribution in [3.8, 4) is 28.7 Å².